The number of hydrogen-bond acceptors (Lipinski definition) is 2. The van der Waals surface area contributed by atoms with Gasteiger partial charge >= 0.3 is 0 Å². The first-order valence-electron chi connectivity index (χ1n) is 6.97. The first-order valence-corrected chi connectivity index (χ1v) is 6.97. The monoisotopic (exact) mass is 257 g/mol. The van der Waals surface area contributed by atoms with Crippen molar-refractivity contribution in [3.05, 3.63) is 35.9 Å². The summed E-state index contributed by atoms with van der Waals surface area (Å²) >= 11 is 0. The molecule has 0 aliphatic rings. The molecule has 0 bridgehead atoms. The van der Waals surface area contributed by atoms with Gasteiger partial charge in [0, 0.05) is 12.1 Å². The van der Waals surface area contributed by atoms with Gasteiger partial charge in [-0.05, 0) is 17.4 Å². The molecule has 2 rings (SSSR count). The third-order valence-electron chi connectivity index (χ3n) is 3.12. The molecule has 102 valence electrons. The summed E-state index contributed by atoms with van der Waals surface area (Å²) in [6.07, 6.45) is 0. The van der Waals surface area contributed by atoms with Crippen molar-refractivity contribution < 1.29 is 0 Å². The fourth-order valence-corrected chi connectivity index (χ4v) is 2.17. The van der Waals surface area contributed by atoms with Crippen LogP contribution in [-0.2, 0) is 0 Å². The molecule has 0 amide bonds. The summed E-state index contributed by atoms with van der Waals surface area (Å²) in [6, 6.07) is 10.4. The molecule has 0 atom stereocenters. The first-order chi connectivity index (χ1) is 9.09. The van der Waals surface area contributed by atoms with Gasteiger partial charge < -0.3 is 5.32 Å². The summed E-state index contributed by atoms with van der Waals surface area (Å²) in [5, 5.41) is 11.1. The Morgan fingerprint density at radius 1 is 1.11 bits per heavy atom. The lowest BCUT2D eigenvalue weighted by molar-refractivity contribution is 0.685. The smallest absolute Gasteiger partial charge is 0.151 e. The molecule has 3 nitrogen and oxygen atoms in total. The highest BCUT2D eigenvalue weighted by Crippen LogP contribution is 2.32. The van der Waals surface area contributed by atoms with Gasteiger partial charge in [-0.25, -0.2) is 0 Å². The highest BCUT2D eigenvalue weighted by molar-refractivity contribution is 5.69. The van der Waals surface area contributed by atoms with E-state index in [-0.39, 0.29) is 0 Å². The third-order valence-corrected chi connectivity index (χ3v) is 3.12. The highest BCUT2D eigenvalue weighted by Gasteiger charge is 2.17. The van der Waals surface area contributed by atoms with Crippen molar-refractivity contribution >= 4 is 5.82 Å². The predicted molar refractivity (Wildman–Crippen MR) is 81.4 cm³/mol. The van der Waals surface area contributed by atoms with Crippen LogP contribution in [0.15, 0.2) is 30.3 Å². The molecule has 0 aliphatic carbocycles. The van der Waals surface area contributed by atoms with Crippen molar-refractivity contribution in [1.29, 1.82) is 0 Å². The molecule has 3 heteroatoms. The van der Waals surface area contributed by atoms with Crippen LogP contribution >= 0.6 is 0 Å². The second-order valence-electron chi connectivity index (χ2n) is 5.66. The Morgan fingerprint density at radius 3 is 2.37 bits per heavy atom. The van der Waals surface area contributed by atoms with Crippen molar-refractivity contribution in [3.8, 4) is 11.3 Å². The summed E-state index contributed by atoms with van der Waals surface area (Å²) < 4.78 is 0. The van der Waals surface area contributed by atoms with Gasteiger partial charge in [0.05, 0.1) is 5.69 Å². The largest absolute Gasteiger partial charge is 0.368 e. The average Bonchev–Trinajstić information content (AvgIpc) is 2.81. The molecular weight excluding hydrogens is 234 g/mol. The van der Waals surface area contributed by atoms with Gasteiger partial charge in [-0.3, -0.25) is 5.10 Å². The number of anilines is 1. The summed E-state index contributed by atoms with van der Waals surface area (Å²) in [7, 11) is 0. The van der Waals surface area contributed by atoms with Crippen LogP contribution in [-0.4, -0.2) is 16.7 Å². The minimum atomic E-state index is 0.434. The van der Waals surface area contributed by atoms with E-state index in [1.165, 1.54) is 11.1 Å². The number of nitrogens with one attached hydrogen (secondary N) is 2. The molecule has 0 radical (unpaired) electrons. The molecule has 0 saturated heterocycles. The molecule has 2 N–H and O–H groups in total. The molecule has 1 aromatic heterocycles. The van der Waals surface area contributed by atoms with E-state index in [0.29, 0.717) is 11.8 Å². The number of rotatable bonds is 5. The van der Waals surface area contributed by atoms with E-state index in [9.17, 15) is 0 Å². The number of benzene rings is 1. The summed E-state index contributed by atoms with van der Waals surface area (Å²) in [4.78, 5) is 0. The van der Waals surface area contributed by atoms with Crippen molar-refractivity contribution in [1.82, 2.24) is 10.2 Å². The number of aromatic amines is 1. The van der Waals surface area contributed by atoms with Crippen molar-refractivity contribution in [3.63, 3.8) is 0 Å². The Morgan fingerprint density at radius 2 is 1.79 bits per heavy atom. The zero-order valence-electron chi connectivity index (χ0n) is 12.2. The second kappa shape index (κ2) is 5.91. The Kier molecular flexibility index (Phi) is 4.25. The molecule has 0 aliphatic heterocycles. The average molecular weight is 257 g/mol. The Labute approximate surface area is 115 Å². The van der Waals surface area contributed by atoms with Crippen molar-refractivity contribution in [2.24, 2.45) is 5.92 Å². The molecule has 19 heavy (non-hydrogen) atoms. The molecule has 0 spiro atoms. The lowest BCUT2D eigenvalue weighted by Crippen LogP contribution is -2.10. The Bertz CT molecular complexity index is 512. The van der Waals surface area contributed by atoms with Gasteiger partial charge in [-0.2, -0.15) is 5.10 Å². The van der Waals surface area contributed by atoms with Crippen LogP contribution in [0.3, 0.4) is 0 Å². The van der Waals surface area contributed by atoms with Gasteiger partial charge in [0.2, 0.25) is 0 Å². The van der Waals surface area contributed by atoms with Gasteiger partial charge in [0.15, 0.2) is 5.82 Å². The summed E-state index contributed by atoms with van der Waals surface area (Å²) in [5.74, 6) is 2.03. The lowest BCUT2D eigenvalue weighted by atomic mass is 9.98. The lowest BCUT2D eigenvalue weighted by Gasteiger charge is -2.12. The molecule has 0 saturated carbocycles. The predicted octanol–water partition coefficient (Wildman–Crippen LogP) is 4.27. The van der Waals surface area contributed by atoms with Gasteiger partial charge in [-0.15, -0.1) is 0 Å². The highest BCUT2D eigenvalue weighted by atomic mass is 15.2. The third kappa shape index (κ3) is 3.16. The van der Waals surface area contributed by atoms with E-state index in [2.05, 4.69) is 67.5 Å². The minimum absolute atomic E-state index is 0.434. The normalized spacial score (nSPS) is 11.3. The van der Waals surface area contributed by atoms with Crippen LogP contribution in [0.1, 0.15) is 39.2 Å². The molecular formula is C16H23N3. The molecule has 2 aromatic rings. The van der Waals surface area contributed by atoms with Crippen molar-refractivity contribution in [2.75, 3.05) is 11.9 Å². The Balaban J connectivity index is 2.35. The fourth-order valence-electron chi connectivity index (χ4n) is 2.17. The summed E-state index contributed by atoms with van der Waals surface area (Å²) in [5.41, 5.74) is 3.59. The van der Waals surface area contributed by atoms with E-state index in [1.807, 2.05) is 6.07 Å². The summed E-state index contributed by atoms with van der Waals surface area (Å²) in [6.45, 7) is 9.76. The first kappa shape index (κ1) is 13.7. The number of H-pyrrole nitrogens is 1. The molecule has 1 heterocycles. The quantitative estimate of drug-likeness (QED) is 0.840. The van der Waals surface area contributed by atoms with Crippen LogP contribution in [0, 0.1) is 5.92 Å². The van der Waals surface area contributed by atoms with E-state index >= 15 is 0 Å². The number of nitrogens with zero attached hydrogens (tertiary/aromatic N) is 1. The van der Waals surface area contributed by atoms with E-state index in [4.69, 9.17) is 0 Å². The number of hydrogen-bond donors (Lipinski definition) is 2. The van der Waals surface area contributed by atoms with Gasteiger partial charge in [0.25, 0.3) is 0 Å². The van der Waals surface area contributed by atoms with Crippen LogP contribution in [0.25, 0.3) is 11.3 Å². The SMILES string of the molecule is CC(C)CNc1n[nH]c(-c2ccccc2)c1C(C)C. The van der Waals surface area contributed by atoms with E-state index in [0.717, 1.165) is 18.1 Å². The van der Waals surface area contributed by atoms with Crippen LogP contribution in [0.2, 0.25) is 0 Å². The van der Waals surface area contributed by atoms with E-state index < -0.39 is 0 Å². The van der Waals surface area contributed by atoms with Crippen LogP contribution in [0.5, 0.6) is 0 Å². The van der Waals surface area contributed by atoms with Gasteiger partial charge in [0.1, 0.15) is 0 Å². The topological polar surface area (TPSA) is 40.7 Å². The zero-order valence-corrected chi connectivity index (χ0v) is 12.2. The maximum Gasteiger partial charge on any atom is 0.151 e. The standard InChI is InChI=1S/C16H23N3/c1-11(2)10-17-16-14(12(3)4)15(18-19-16)13-8-6-5-7-9-13/h5-9,11-12H,10H2,1-4H3,(H2,17,18,19). The molecule has 0 fully saturated rings. The maximum atomic E-state index is 4.45. The number of aromatic nitrogens is 2. The zero-order chi connectivity index (χ0) is 13.8. The van der Waals surface area contributed by atoms with Crippen LogP contribution < -0.4 is 5.32 Å². The molecule has 0 unspecified atom stereocenters. The van der Waals surface area contributed by atoms with E-state index in [1.54, 1.807) is 0 Å². The van der Waals surface area contributed by atoms with Crippen LogP contribution in [0.4, 0.5) is 5.82 Å². The van der Waals surface area contributed by atoms with Crippen molar-refractivity contribution in [2.45, 2.75) is 33.6 Å². The minimum Gasteiger partial charge on any atom is -0.368 e. The van der Waals surface area contributed by atoms with Gasteiger partial charge in [-0.1, -0.05) is 58.0 Å². The Hall–Kier alpha value is -1.77. The fraction of sp³-hybridized carbons (Fsp3) is 0.438. The second-order valence-corrected chi connectivity index (χ2v) is 5.66. The molecule has 1 aromatic carbocycles. The maximum absolute atomic E-state index is 4.45.